The molecule has 0 saturated carbocycles. The van der Waals surface area contributed by atoms with E-state index in [1.54, 1.807) is 0 Å². The lowest BCUT2D eigenvalue weighted by molar-refractivity contribution is 0.236. The van der Waals surface area contributed by atoms with Crippen molar-refractivity contribution in [3.8, 4) is 0 Å². The predicted octanol–water partition coefficient (Wildman–Crippen LogP) is 5.35. The first-order valence-corrected chi connectivity index (χ1v) is 10.1. The van der Waals surface area contributed by atoms with Gasteiger partial charge in [0.15, 0.2) is 0 Å². The minimum absolute atomic E-state index is 0.0925. The Kier molecular flexibility index (Phi) is 18.4. The molecule has 0 fully saturated rings. The Hall–Kier alpha value is -0.620. The number of unbranched alkanes of at least 4 members (excludes halogenated alkanes) is 2. The molecule has 4 N–H and O–H groups in total. The van der Waals surface area contributed by atoms with E-state index in [0.717, 1.165) is 13.1 Å². The van der Waals surface area contributed by atoms with Crippen LogP contribution in [0, 0.1) is 11.8 Å². The molecule has 0 aromatic carbocycles. The number of nitrogens with two attached hydrogens (primary N) is 1. The van der Waals surface area contributed by atoms with E-state index in [9.17, 15) is 5.11 Å². The van der Waals surface area contributed by atoms with Gasteiger partial charge < -0.3 is 20.8 Å². The van der Waals surface area contributed by atoms with Crippen molar-refractivity contribution in [2.45, 2.75) is 79.1 Å². The molecule has 24 heavy (non-hydrogen) atoms. The maximum atomic E-state index is 9.81. The molecule has 144 valence electrons. The molecule has 0 amide bonds. The molecular formula is C18H38N2O2S2. The fourth-order valence-corrected chi connectivity index (χ4v) is 2.84. The van der Waals surface area contributed by atoms with Crippen LogP contribution in [0.25, 0.3) is 0 Å². The van der Waals surface area contributed by atoms with Crippen LogP contribution < -0.4 is 5.73 Å². The third-order valence-corrected chi connectivity index (χ3v) is 4.57. The first kappa shape index (κ1) is 25.6. The minimum Gasteiger partial charge on any atom is -0.487 e. The Balaban J connectivity index is 0. The van der Waals surface area contributed by atoms with Gasteiger partial charge in [-0.25, -0.2) is 0 Å². The number of hydrogen-bond donors (Lipinski definition) is 3. The Morgan fingerprint density at radius 1 is 0.875 bits per heavy atom. The van der Waals surface area contributed by atoms with Gasteiger partial charge in [0.1, 0.15) is 0 Å². The summed E-state index contributed by atoms with van der Waals surface area (Å²) >= 11 is 8.93. The second-order valence-corrected chi connectivity index (χ2v) is 7.14. The maximum absolute atomic E-state index is 9.81. The summed E-state index contributed by atoms with van der Waals surface area (Å²) in [7, 11) is 0. The van der Waals surface area contributed by atoms with Crippen LogP contribution in [0.2, 0.25) is 0 Å². The average molecular weight is 379 g/mol. The second kappa shape index (κ2) is 17.2. The summed E-state index contributed by atoms with van der Waals surface area (Å²) < 4.78 is 0. The minimum atomic E-state index is -0.500. The molecule has 0 radical (unpaired) electrons. The van der Waals surface area contributed by atoms with Crippen LogP contribution >= 0.6 is 24.4 Å². The number of aliphatic hydroxyl groups is 2. The smallest absolute Gasteiger partial charge is 0.256 e. The first-order valence-electron chi connectivity index (χ1n) is 9.28. The third kappa shape index (κ3) is 16.2. The van der Waals surface area contributed by atoms with Crippen molar-refractivity contribution in [2.24, 2.45) is 17.6 Å². The van der Waals surface area contributed by atoms with Gasteiger partial charge >= 0.3 is 0 Å². The van der Waals surface area contributed by atoms with Gasteiger partial charge in [-0.2, -0.15) is 0 Å². The van der Waals surface area contributed by atoms with Gasteiger partial charge in [0.2, 0.25) is 0 Å². The number of thiocarbonyl (C=S) groups is 2. The van der Waals surface area contributed by atoms with E-state index in [0.29, 0.717) is 11.8 Å². The Morgan fingerprint density at radius 2 is 1.21 bits per heavy atom. The second-order valence-electron chi connectivity index (χ2n) is 6.36. The molecule has 2 unspecified atom stereocenters. The van der Waals surface area contributed by atoms with E-state index in [4.69, 9.17) is 17.3 Å². The van der Waals surface area contributed by atoms with Crippen LogP contribution in [-0.4, -0.2) is 38.6 Å². The van der Waals surface area contributed by atoms with Crippen LogP contribution in [0.5, 0.6) is 0 Å². The SMILES string of the molecule is CCCCC(CC)CN(CC(CC)CCCC)C(O)=S.NC(O)=S. The molecule has 0 aliphatic rings. The molecule has 0 aromatic heterocycles. The van der Waals surface area contributed by atoms with Crippen LogP contribution in [0.3, 0.4) is 0 Å². The average Bonchev–Trinajstić information content (AvgIpc) is 2.52. The molecule has 0 aliphatic heterocycles. The third-order valence-electron chi connectivity index (χ3n) is 4.31. The molecule has 0 heterocycles. The largest absolute Gasteiger partial charge is 0.487 e. The van der Waals surface area contributed by atoms with Crippen LogP contribution in [-0.2, 0) is 0 Å². The highest BCUT2D eigenvalue weighted by Crippen LogP contribution is 2.19. The predicted molar refractivity (Wildman–Crippen MR) is 113 cm³/mol. The van der Waals surface area contributed by atoms with E-state index in [1.165, 1.54) is 51.4 Å². The summed E-state index contributed by atoms with van der Waals surface area (Å²) in [5.74, 6) is 1.31. The molecule has 0 bridgehead atoms. The first-order chi connectivity index (χ1) is 11.3. The van der Waals surface area contributed by atoms with Crippen LogP contribution in [0.4, 0.5) is 0 Å². The van der Waals surface area contributed by atoms with Gasteiger partial charge in [-0.1, -0.05) is 66.2 Å². The molecule has 0 spiro atoms. The number of aliphatic hydroxyl groups excluding tert-OH is 2. The lowest BCUT2D eigenvalue weighted by Crippen LogP contribution is -2.37. The van der Waals surface area contributed by atoms with Crippen LogP contribution in [0.1, 0.15) is 79.1 Å². The fourth-order valence-electron chi connectivity index (χ4n) is 2.69. The zero-order valence-corrected chi connectivity index (χ0v) is 17.6. The molecular weight excluding hydrogens is 340 g/mol. The van der Waals surface area contributed by atoms with E-state index in [2.05, 4.69) is 45.6 Å². The van der Waals surface area contributed by atoms with Gasteiger partial charge in [0.05, 0.1) is 0 Å². The summed E-state index contributed by atoms with van der Waals surface area (Å²) in [6.45, 7) is 10.8. The molecule has 0 saturated heterocycles. The topological polar surface area (TPSA) is 69.7 Å². The van der Waals surface area contributed by atoms with Crippen molar-refractivity contribution in [3.05, 3.63) is 0 Å². The quantitative estimate of drug-likeness (QED) is 0.398. The summed E-state index contributed by atoms with van der Waals surface area (Å²) in [4.78, 5) is 2.04. The summed E-state index contributed by atoms with van der Waals surface area (Å²) in [6, 6.07) is 0. The number of rotatable bonds is 12. The summed E-state index contributed by atoms with van der Waals surface area (Å²) in [6.07, 6.45) is 9.88. The number of hydrogen-bond acceptors (Lipinski definition) is 2. The van der Waals surface area contributed by atoms with Gasteiger partial charge in [-0.15, -0.1) is 0 Å². The van der Waals surface area contributed by atoms with E-state index in [1.807, 2.05) is 4.90 Å². The van der Waals surface area contributed by atoms with Gasteiger partial charge in [0, 0.05) is 13.1 Å². The van der Waals surface area contributed by atoms with Crippen molar-refractivity contribution >= 4 is 34.8 Å². The zero-order chi connectivity index (χ0) is 19.0. The molecule has 0 aliphatic carbocycles. The lowest BCUT2D eigenvalue weighted by atomic mass is 9.96. The summed E-state index contributed by atoms with van der Waals surface area (Å²) in [5.41, 5.74) is 4.40. The van der Waals surface area contributed by atoms with E-state index < -0.39 is 5.17 Å². The maximum Gasteiger partial charge on any atom is 0.256 e. The van der Waals surface area contributed by atoms with Crippen LogP contribution in [0.15, 0.2) is 0 Å². The molecule has 4 nitrogen and oxygen atoms in total. The van der Waals surface area contributed by atoms with Crippen molar-refractivity contribution < 1.29 is 10.2 Å². The van der Waals surface area contributed by atoms with E-state index >= 15 is 0 Å². The molecule has 0 aromatic rings. The monoisotopic (exact) mass is 378 g/mol. The Bertz CT molecular complexity index is 306. The highest BCUT2D eigenvalue weighted by Gasteiger charge is 2.18. The Morgan fingerprint density at radius 3 is 1.42 bits per heavy atom. The highest BCUT2D eigenvalue weighted by atomic mass is 32.1. The van der Waals surface area contributed by atoms with Crippen molar-refractivity contribution in [1.29, 1.82) is 0 Å². The van der Waals surface area contributed by atoms with Gasteiger partial charge in [-0.05, 0) is 49.1 Å². The molecule has 6 heteroatoms. The van der Waals surface area contributed by atoms with Gasteiger partial charge in [-0.3, -0.25) is 0 Å². The highest BCUT2D eigenvalue weighted by molar-refractivity contribution is 7.80. The standard InChI is InChI=1S/C17H35NOS.CH3NOS/c1-5-9-11-15(7-3)13-18(17(19)20)14-16(8-4)12-10-6-2;2-1(3)4/h15-16H,5-14H2,1-4H3,(H,19,20);(H3,2,3,4). The van der Waals surface area contributed by atoms with Crippen molar-refractivity contribution in [1.82, 2.24) is 4.90 Å². The van der Waals surface area contributed by atoms with Crippen molar-refractivity contribution in [2.75, 3.05) is 13.1 Å². The normalized spacial score (nSPS) is 12.7. The Labute approximate surface area is 159 Å². The molecule has 0 rings (SSSR count). The van der Waals surface area contributed by atoms with Gasteiger partial charge in [0.25, 0.3) is 10.3 Å². The number of nitrogens with zero attached hydrogens (tertiary/aromatic N) is 1. The fraction of sp³-hybridized carbons (Fsp3) is 0.889. The summed E-state index contributed by atoms with van der Waals surface area (Å²) in [5, 5.41) is 17.0. The van der Waals surface area contributed by atoms with Crippen molar-refractivity contribution in [3.63, 3.8) is 0 Å². The van der Waals surface area contributed by atoms with E-state index in [-0.39, 0.29) is 5.17 Å². The lowest BCUT2D eigenvalue weighted by Gasteiger charge is -2.30. The zero-order valence-electron chi connectivity index (χ0n) is 16.0. The molecule has 2 atom stereocenters.